The highest BCUT2D eigenvalue weighted by Gasteiger charge is 2.21. The summed E-state index contributed by atoms with van der Waals surface area (Å²) in [4.78, 5) is 25.7. The fraction of sp³-hybridized carbons (Fsp3) is 0.750. The van der Waals surface area contributed by atoms with Crippen molar-refractivity contribution in [3.63, 3.8) is 0 Å². The van der Waals surface area contributed by atoms with Crippen molar-refractivity contribution in [2.75, 3.05) is 13.2 Å². The molecule has 1 aromatic rings. The second-order valence-electron chi connectivity index (χ2n) is 10.4. The van der Waals surface area contributed by atoms with E-state index in [0.717, 1.165) is 25.7 Å². The Morgan fingerprint density at radius 3 is 1.31 bits per heavy atom. The van der Waals surface area contributed by atoms with Crippen molar-refractivity contribution >= 4 is 11.9 Å². The summed E-state index contributed by atoms with van der Waals surface area (Å²) >= 11 is 0. The van der Waals surface area contributed by atoms with Gasteiger partial charge < -0.3 is 9.47 Å². The molecule has 0 aliphatic heterocycles. The predicted molar refractivity (Wildman–Crippen MR) is 151 cm³/mol. The van der Waals surface area contributed by atoms with Crippen LogP contribution in [-0.2, 0) is 9.47 Å². The molecular formula is C32H54O4. The van der Waals surface area contributed by atoms with E-state index in [-0.39, 0.29) is 0 Å². The van der Waals surface area contributed by atoms with Crippen LogP contribution in [-0.4, -0.2) is 25.2 Å². The van der Waals surface area contributed by atoms with Crippen LogP contribution in [0.5, 0.6) is 0 Å². The Morgan fingerprint density at radius 1 is 0.583 bits per heavy atom. The van der Waals surface area contributed by atoms with E-state index in [9.17, 15) is 9.59 Å². The maximum atomic E-state index is 12.9. The summed E-state index contributed by atoms with van der Waals surface area (Å²) in [7, 11) is 0. The van der Waals surface area contributed by atoms with Gasteiger partial charge in [0, 0.05) is 0 Å². The van der Waals surface area contributed by atoms with Crippen molar-refractivity contribution in [1.29, 1.82) is 0 Å². The Hall–Kier alpha value is -1.84. The van der Waals surface area contributed by atoms with Crippen LogP contribution in [0.4, 0.5) is 0 Å². The largest absolute Gasteiger partial charge is 0.462 e. The Morgan fingerprint density at radius 2 is 0.944 bits per heavy atom. The topological polar surface area (TPSA) is 52.6 Å². The fourth-order valence-electron chi connectivity index (χ4n) is 4.62. The lowest BCUT2D eigenvalue weighted by Crippen LogP contribution is -2.19. The monoisotopic (exact) mass is 502 g/mol. The second kappa shape index (κ2) is 21.3. The SMILES string of the molecule is CCCCCCCC[C@@H](CC)COC(=O)c1ccccc1C(=O)OC[C@@H](CC)CCCCCCCC. The highest BCUT2D eigenvalue weighted by atomic mass is 16.5. The van der Waals surface area contributed by atoms with Crippen LogP contribution in [0.3, 0.4) is 0 Å². The van der Waals surface area contributed by atoms with Gasteiger partial charge in [0.1, 0.15) is 0 Å². The molecule has 1 aromatic carbocycles. The molecule has 0 amide bonds. The first kappa shape index (κ1) is 32.2. The van der Waals surface area contributed by atoms with E-state index in [2.05, 4.69) is 27.7 Å². The van der Waals surface area contributed by atoms with E-state index in [1.807, 2.05) is 0 Å². The Kier molecular flexibility index (Phi) is 19.0. The summed E-state index contributed by atoms with van der Waals surface area (Å²) < 4.78 is 11.3. The summed E-state index contributed by atoms with van der Waals surface area (Å²) in [6, 6.07) is 6.88. The minimum Gasteiger partial charge on any atom is -0.462 e. The molecule has 0 bridgehead atoms. The number of benzene rings is 1. The van der Waals surface area contributed by atoms with E-state index in [0.29, 0.717) is 36.2 Å². The van der Waals surface area contributed by atoms with Gasteiger partial charge in [0.25, 0.3) is 0 Å². The van der Waals surface area contributed by atoms with Crippen molar-refractivity contribution in [2.24, 2.45) is 11.8 Å². The predicted octanol–water partition coefficient (Wildman–Crippen LogP) is 9.55. The molecular weight excluding hydrogens is 448 g/mol. The first-order chi connectivity index (χ1) is 17.6. The summed E-state index contributed by atoms with van der Waals surface area (Å²) in [5, 5.41) is 0. The zero-order chi connectivity index (χ0) is 26.4. The number of carbonyl (C=O) groups is 2. The van der Waals surface area contributed by atoms with Gasteiger partial charge in [0.2, 0.25) is 0 Å². The molecule has 0 radical (unpaired) electrons. The first-order valence-corrected chi connectivity index (χ1v) is 15.0. The summed E-state index contributed by atoms with van der Waals surface area (Å²) in [5.41, 5.74) is 0.613. The van der Waals surface area contributed by atoms with Crippen LogP contribution in [0.2, 0.25) is 0 Å². The first-order valence-electron chi connectivity index (χ1n) is 15.0. The van der Waals surface area contributed by atoms with Gasteiger partial charge in [0.05, 0.1) is 24.3 Å². The Labute approximate surface area is 221 Å². The van der Waals surface area contributed by atoms with Crippen LogP contribution in [0.25, 0.3) is 0 Å². The molecule has 36 heavy (non-hydrogen) atoms. The van der Waals surface area contributed by atoms with Crippen LogP contribution >= 0.6 is 0 Å². The average Bonchev–Trinajstić information content (AvgIpc) is 2.91. The van der Waals surface area contributed by atoms with Crippen molar-refractivity contribution < 1.29 is 19.1 Å². The molecule has 0 heterocycles. The standard InChI is InChI=1S/C32H54O4/c1-5-9-11-13-15-17-21-27(7-3)25-35-31(33)29-23-19-20-24-30(29)32(34)36-26-28(8-4)22-18-16-14-12-10-6-2/h19-20,23-24,27-28H,5-18,21-22,25-26H2,1-4H3/t27-,28+. The summed E-state index contributed by atoms with van der Waals surface area (Å²) in [6.07, 6.45) is 19.4. The van der Waals surface area contributed by atoms with E-state index in [4.69, 9.17) is 9.47 Å². The normalized spacial score (nSPS) is 12.8. The highest BCUT2D eigenvalue weighted by molar-refractivity contribution is 6.03. The molecule has 0 unspecified atom stereocenters. The van der Waals surface area contributed by atoms with Crippen LogP contribution in [0, 0.1) is 11.8 Å². The van der Waals surface area contributed by atoms with Crippen LogP contribution in [0.15, 0.2) is 24.3 Å². The maximum absolute atomic E-state index is 12.9. The molecule has 0 saturated carbocycles. The van der Waals surface area contributed by atoms with Gasteiger partial charge in [-0.2, -0.15) is 0 Å². The lowest BCUT2D eigenvalue weighted by atomic mass is 9.98. The molecule has 4 nitrogen and oxygen atoms in total. The van der Waals surface area contributed by atoms with Gasteiger partial charge in [-0.25, -0.2) is 9.59 Å². The summed E-state index contributed by atoms with van der Waals surface area (Å²) in [6.45, 7) is 9.58. The quantitative estimate of drug-likeness (QED) is 0.117. The van der Waals surface area contributed by atoms with Crippen molar-refractivity contribution in [2.45, 2.75) is 130 Å². The molecule has 206 valence electrons. The van der Waals surface area contributed by atoms with E-state index >= 15 is 0 Å². The van der Waals surface area contributed by atoms with Crippen LogP contribution < -0.4 is 0 Å². The van der Waals surface area contributed by atoms with E-state index < -0.39 is 11.9 Å². The number of unbranched alkanes of at least 4 members (excludes halogenated alkanes) is 10. The van der Waals surface area contributed by atoms with Gasteiger partial charge in [0.15, 0.2) is 0 Å². The lowest BCUT2D eigenvalue weighted by Gasteiger charge is -2.17. The van der Waals surface area contributed by atoms with Crippen molar-refractivity contribution in [1.82, 2.24) is 0 Å². The van der Waals surface area contributed by atoms with Gasteiger partial charge in [-0.05, 0) is 36.8 Å². The molecule has 1 rings (SSSR count). The molecule has 2 atom stereocenters. The lowest BCUT2D eigenvalue weighted by molar-refractivity contribution is 0.0381. The number of ether oxygens (including phenoxy) is 2. The Bertz CT molecular complexity index is 640. The second-order valence-corrected chi connectivity index (χ2v) is 10.4. The molecule has 0 aliphatic rings. The van der Waals surface area contributed by atoms with Crippen molar-refractivity contribution in [3.05, 3.63) is 35.4 Å². The third-order valence-corrected chi connectivity index (χ3v) is 7.35. The zero-order valence-electron chi connectivity index (χ0n) is 23.8. The van der Waals surface area contributed by atoms with Crippen molar-refractivity contribution in [3.8, 4) is 0 Å². The molecule has 0 spiro atoms. The average molecular weight is 503 g/mol. The zero-order valence-corrected chi connectivity index (χ0v) is 23.8. The maximum Gasteiger partial charge on any atom is 0.339 e. The van der Waals surface area contributed by atoms with E-state index in [1.165, 1.54) is 77.0 Å². The van der Waals surface area contributed by atoms with Gasteiger partial charge in [-0.1, -0.05) is 130 Å². The molecule has 0 fully saturated rings. The highest BCUT2D eigenvalue weighted by Crippen LogP contribution is 2.20. The minimum atomic E-state index is -0.428. The van der Waals surface area contributed by atoms with Gasteiger partial charge >= 0.3 is 11.9 Å². The number of hydrogen-bond donors (Lipinski definition) is 0. The van der Waals surface area contributed by atoms with Gasteiger partial charge in [-0.3, -0.25) is 0 Å². The third kappa shape index (κ3) is 14.0. The molecule has 4 heteroatoms. The summed E-state index contributed by atoms with van der Waals surface area (Å²) in [5.74, 6) is -0.121. The van der Waals surface area contributed by atoms with Gasteiger partial charge in [-0.15, -0.1) is 0 Å². The number of rotatable bonds is 22. The number of hydrogen-bond acceptors (Lipinski definition) is 4. The van der Waals surface area contributed by atoms with Crippen LogP contribution in [0.1, 0.15) is 151 Å². The molecule has 0 aliphatic carbocycles. The fourth-order valence-corrected chi connectivity index (χ4v) is 4.62. The number of carbonyl (C=O) groups excluding carboxylic acids is 2. The molecule has 0 saturated heterocycles. The Balaban J connectivity index is 2.50. The molecule has 0 aromatic heterocycles. The van der Waals surface area contributed by atoms with E-state index in [1.54, 1.807) is 24.3 Å². The minimum absolute atomic E-state index is 0.306. The number of esters is 2. The molecule has 0 N–H and O–H groups in total. The smallest absolute Gasteiger partial charge is 0.339 e. The third-order valence-electron chi connectivity index (χ3n) is 7.35.